The fourth-order valence-electron chi connectivity index (χ4n) is 2.96. The molecule has 7 heteroatoms. The van der Waals surface area contributed by atoms with Gasteiger partial charge in [-0.05, 0) is 22.3 Å². The zero-order valence-corrected chi connectivity index (χ0v) is 15.2. The molecule has 0 bridgehead atoms. The molecule has 3 rings (SSSR count). The molecule has 0 atom stereocenters. The van der Waals surface area contributed by atoms with Gasteiger partial charge in [0.1, 0.15) is 12.3 Å². The third kappa shape index (κ3) is 4.15. The van der Waals surface area contributed by atoms with Crippen molar-refractivity contribution in [3.8, 4) is 11.1 Å². The molecule has 0 aromatic heterocycles. The smallest absolute Gasteiger partial charge is 0.412 e. The maximum Gasteiger partial charge on any atom is 0.412 e. The first-order valence-corrected chi connectivity index (χ1v) is 9.02. The Morgan fingerprint density at radius 1 is 1.15 bits per heavy atom. The molecule has 27 heavy (non-hydrogen) atoms. The van der Waals surface area contributed by atoms with Crippen molar-refractivity contribution in [2.45, 2.75) is 5.92 Å². The quantitative estimate of drug-likeness (QED) is 0.660. The van der Waals surface area contributed by atoms with Crippen LogP contribution in [0.1, 0.15) is 17.0 Å². The summed E-state index contributed by atoms with van der Waals surface area (Å²) in [4.78, 5) is 22.7. The average molecular weight is 382 g/mol. The third-order valence-electron chi connectivity index (χ3n) is 4.16. The number of rotatable bonds is 6. The number of hydrogen-bond acceptors (Lipinski definition) is 5. The van der Waals surface area contributed by atoms with Crippen LogP contribution in [0.4, 0.5) is 4.79 Å². The standard InChI is InChI=1S/C20H18N2O4S/c1-12(27-11-18(21)19(23)24)22-20(25)26-10-17-15-8-4-2-6-13(15)14-7-3-5-9-16(14)17/h2-9,11,17H,1,10,21H2,(H,22,25)(H,23,24)/b18-11-. The zero-order chi connectivity index (χ0) is 19.4. The van der Waals surface area contributed by atoms with Crippen molar-refractivity contribution < 1.29 is 19.4 Å². The van der Waals surface area contributed by atoms with Gasteiger partial charge in [0.15, 0.2) is 0 Å². The lowest BCUT2D eigenvalue weighted by Crippen LogP contribution is -2.24. The highest BCUT2D eigenvalue weighted by molar-refractivity contribution is 8.05. The van der Waals surface area contributed by atoms with Crippen LogP contribution < -0.4 is 11.1 Å². The number of nitrogens with two attached hydrogens (primary N) is 1. The van der Waals surface area contributed by atoms with Gasteiger partial charge < -0.3 is 15.6 Å². The second kappa shape index (κ2) is 8.01. The number of amides is 1. The minimum Gasteiger partial charge on any atom is -0.477 e. The van der Waals surface area contributed by atoms with Crippen LogP contribution in [0.15, 0.2) is 71.2 Å². The Morgan fingerprint density at radius 3 is 2.26 bits per heavy atom. The molecule has 0 spiro atoms. The summed E-state index contributed by atoms with van der Waals surface area (Å²) < 4.78 is 5.37. The Balaban J connectivity index is 1.62. The van der Waals surface area contributed by atoms with E-state index in [-0.39, 0.29) is 23.3 Å². The first-order valence-electron chi connectivity index (χ1n) is 8.14. The fraction of sp³-hybridized carbons (Fsp3) is 0.100. The van der Waals surface area contributed by atoms with Gasteiger partial charge in [-0.2, -0.15) is 0 Å². The molecule has 6 nitrogen and oxygen atoms in total. The van der Waals surface area contributed by atoms with Crippen molar-refractivity contribution in [3.05, 3.63) is 82.4 Å². The predicted octanol–water partition coefficient (Wildman–Crippen LogP) is 3.61. The molecule has 0 aliphatic heterocycles. The number of hydrogen-bond donors (Lipinski definition) is 3. The number of ether oxygens (including phenoxy) is 1. The Labute approximate surface area is 160 Å². The van der Waals surface area contributed by atoms with Gasteiger partial charge in [-0.3, -0.25) is 5.32 Å². The van der Waals surface area contributed by atoms with Gasteiger partial charge >= 0.3 is 12.1 Å². The molecule has 0 radical (unpaired) electrons. The van der Waals surface area contributed by atoms with Gasteiger partial charge in [0.2, 0.25) is 0 Å². The molecule has 0 unspecified atom stereocenters. The minimum atomic E-state index is -1.24. The number of alkyl carbamates (subject to hydrolysis) is 1. The van der Waals surface area contributed by atoms with Crippen molar-refractivity contribution in [2.24, 2.45) is 5.73 Å². The van der Waals surface area contributed by atoms with Gasteiger partial charge in [0.05, 0.1) is 5.03 Å². The largest absolute Gasteiger partial charge is 0.477 e. The molecule has 0 heterocycles. The van der Waals surface area contributed by atoms with Crippen LogP contribution in [0.5, 0.6) is 0 Å². The molecule has 2 aromatic carbocycles. The topological polar surface area (TPSA) is 102 Å². The highest BCUT2D eigenvalue weighted by Gasteiger charge is 2.28. The van der Waals surface area contributed by atoms with Gasteiger partial charge in [0, 0.05) is 11.3 Å². The van der Waals surface area contributed by atoms with Crippen LogP contribution in [-0.2, 0) is 9.53 Å². The van der Waals surface area contributed by atoms with Crippen LogP contribution in [0.3, 0.4) is 0 Å². The maximum absolute atomic E-state index is 12.0. The van der Waals surface area contributed by atoms with E-state index in [0.29, 0.717) is 0 Å². The van der Waals surface area contributed by atoms with Crippen molar-refractivity contribution >= 4 is 23.8 Å². The molecule has 1 aliphatic carbocycles. The number of carboxylic acid groups (broad SMARTS) is 1. The molecule has 1 amide bonds. The van der Waals surface area contributed by atoms with Gasteiger partial charge in [-0.25, -0.2) is 9.59 Å². The predicted molar refractivity (Wildman–Crippen MR) is 105 cm³/mol. The van der Waals surface area contributed by atoms with Crippen LogP contribution in [0, 0.1) is 0 Å². The van der Waals surface area contributed by atoms with Crippen molar-refractivity contribution in [1.82, 2.24) is 5.32 Å². The molecule has 4 N–H and O–H groups in total. The average Bonchev–Trinajstić information content (AvgIpc) is 2.98. The lowest BCUT2D eigenvalue weighted by Gasteiger charge is -2.14. The van der Waals surface area contributed by atoms with Crippen LogP contribution >= 0.6 is 11.8 Å². The van der Waals surface area contributed by atoms with E-state index in [0.717, 1.165) is 34.0 Å². The Hall–Kier alpha value is -3.19. The molecule has 2 aromatic rings. The highest BCUT2D eigenvalue weighted by atomic mass is 32.2. The van der Waals surface area contributed by atoms with Gasteiger partial charge in [0.25, 0.3) is 0 Å². The van der Waals surface area contributed by atoms with E-state index in [1.54, 1.807) is 0 Å². The molecule has 0 fully saturated rings. The Kier molecular flexibility index (Phi) is 5.52. The molecule has 138 valence electrons. The van der Waals surface area contributed by atoms with Gasteiger partial charge in [-0.15, -0.1) is 0 Å². The summed E-state index contributed by atoms with van der Waals surface area (Å²) in [6.45, 7) is 3.82. The second-order valence-electron chi connectivity index (χ2n) is 5.87. The van der Waals surface area contributed by atoms with Crippen LogP contribution in [0.2, 0.25) is 0 Å². The summed E-state index contributed by atoms with van der Waals surface area (Å²) in [5, 5.41) is 12.6. The monoisotopic (exact) mass is 382 g/mol. The van der Waals surface area contributed by atoms with Crippen LogP contribution in [0.25, 0.3) is 11.1 Å². The van der Waals surface area contributed by atoms with E-state index in [1.807, 2.05) is 36.4 Å². The van der Waals surface area contributed by atoms with Gasteiger partial charge in [-0.1, -0.05) is 66.9 Å². The zero-order valence-electron chi connectivity index (χ0n) is 14.3. The number of carboxylic acids is 1. The number of thioether (sulfide) groups is 1. The number of aliphatic carboxylic acids is 1. The van der Waals surface area contributed by atoms with E-state index in [1.165, 1.54) is 5.41 Å². The molecule has 1 aliphatic rings. The maximum atomic E-state index is 12.0. The minimum absolute atomic E-state index is 0.0355. The molecule has 0 saturated carbocycles. The first-order chi connectivity index (χ1) is 13.0. The van der Waals surface area contributed by atoms with Crippen LogP contribution in [-0.4, -0.2) is 23.8 Å². The molecule has 0 saturated heterocycles. The number of fused-ring (bicyclic) bond motifs is 3. The summed E-state index contributed by atoms with van der Waals surface area (Å²) >= 11 is 0.902. The van der Waals surface area contributed by atoms with E-state index in [4.69, 9.17) is 15.6 Å². The SMILES string of the molecule is C=C(NC(=O)OCC1c2ccccc2-c2ccccc21)S/C=C(\N)C(=O)O. The highest BCUT2D eigenvalue weighted by Crippen LogP contribution is 2.44. The van der Waals surface area contributed by atoms with E-state index >= 15 is 0 Å². The van der Waals surface area contributed by atoms with Crippen molar-refractivity contribution in [3.63, 3.8) is 0 Å². The number of carbonyl (C=O) groups is 2. The molecular formula is C20H18N2O4S. The first kappa shape index (κ1) is 18.6. The summed E-state index contributed by atoms with van der Waals surface area (Å²) in [5.74, 6) is -1.27. The van der Waals surface area contributed by atoms with E-state index in [2.05, 4.69) is 24.0 Å². The van der Waals surface area contributed by atoms with E-state index < -0.39 is 12.1 Å². The number of carbonyl (C=O) groups excluding carboxylic acids is 1. The number of nitrogens with one attached hydrogen (secondary N) is 1. The normalized spacial score (nSPS) is 12.8. The second-order valence-corrected chi connectivity index (χ2v) is 6.83. The Morgan fingerprint density at radius 2 is 1.70 bits per heavy atom. The lowest BCUT2D eigenvalue weighted by molar-refractivity contribution is -0.132. The van der Waals surface area contributed by atoms with Crippen molar-refractivity contribution in [2.75, 3.05) is 6.61 Å². The van der Waals surface area contributed by atoms with Crippen molar-refractivity contribution in [1.29, 1.82) is 0 Å². The number of benzene rings is 2. The molecular weight excluding hydrogens is 364 g/mol. The lowest BCUT2D eigenvalue weighted by atomic mass is 9.98. The Bertz CT molecular complexity index is 894. The summed E-state index contributed by atoms with van der Waals surface area (Å²) in [6, 6.07) is 16.1. The third-order valence-corrected chi connectivity index (χ3v) is 4.92. The summed E-state index contributed by atoms with van der Waals surface area (Å²) in [7, 11) is 0. The van der Waals surface area contributed by atoms with E-state index in [9.17, 15) is 9.59 Å². The summed E-state index contributed by atoms with van der Waals surface area (Å²) in [5.41, 5.74) is 9.49. The fourth-order valence-corrected chi connectivity index (χ4v) is 3.48. The summed E-state index contributed by atoms with van der Waals surface area (Å²) in [6.07, 6.45) is -0.656.